The first kappa shape index (κ1) is 43.2. The van der Waals surface area contributed by atoms with Gasteiger partial charge in [0.25, 0.3) is 15.7 Å². The van der Waals surface area contributed by atoms with Gasteiger partial charge in [0.05, 0.1) is 41.6 Å². The van der Waals surface area contributed by atoms with Crippen LogP contribution >= 0.6 is 7.37 Å². The summed E-state index contributed by atoms with van der Waals surface area (Å²) in [5, 5.41) is 11.7. The third-order valence-corrected chi connectivity index (χ3v) is 17.6. The van der Waals surface area contributed by atoms with Gasteiger partial charge in [-0.3, -0.25) is 14.3 Å². The summed E-state index contributed by atoms with van der Waals surface area (Å²) in [4.78, 5) is 17.8. The van der Waals surface area contributed by atoms with E-state index in [-0.39, 0.29) is 23.8 Å². The molecule has 0 aliphatic carbocycles. The predicted molar refractivity (Wildman–Crippen MR) is 239 cm³/mol. The lowest BCUT2D eigenvalue weighted by atomic mass is 9.85. The molecule has 0 fully saturated rings. The zero-order chi connectivity index (χ0) is 42.2. The maximum Gasteiger partial charge on any atom is 0.305 e. The Morgan fingerprint density at radius 1 is 0.797 bits per heavy atom. The van der Waals surface area contributed by atoms with Crippen molar-refractivity contribution in [3.8, 4) is 22.7 Å². The van der Waals surface area contributed by atoms with E-state index in [2.05, 4.69) is 56.6 Å². The lowest BCUT2D eigenvalue weighted by Crippen LogP contribution is -2.68. The van der Waals surface area contributed by atoms with Gasteiger partial charge in [-0.25, -0.2) is 4.39 Å². The van der Waals surface area contributed by atoms with Gasteiger partial charge in [0.1, 0.15) is 5.82 Å². The third kappa shape index (κ3) is 9.90. The number of rotatable bonds is 14. The third-order valence-electron chi connectivity index (χ3n) is 10.6. The summed E-state index contributed by atoms with van der Waals surface area (Å²) >= 11 is 0. The first-order valence-electron chi connectivity index (χ1n) is 19.8. The normalized spacial score (nSPS) is 13.4. The zero-order valence-electron chi connectivity index (χ0n) is 34.4. The summed E-state index contributed by atoms with van der Waals surface area (Å²) < 4.78 is 42.3. The van der Waals surface area contributed by atoms with Crippen LogP contribution in [-0.4, -0.2) is 43.8 Å². The van der Waals surface area contributed by atoms with Crippen LogP contribution in [0.4, 0.5) is 4.39 Å². The van der Waals surface area contributed by atoms with E-state index in [0.29, 0.717) is 22.4 Å². The fourth-order valence-corrected chi connectivity index (χ4v) is 14.0. The lowest BCUT2D eigenvalue weighted by Gasteiger charge is -2.45. The van der Waals surface area contributed by atoms with Crippen LogP contribution in [0.1, 0.15) is 81.0 Å². The molecule has 1 aromatic heterocycles. The van der Waals surface area contributed by atoms with Gasteiger partial charge in [-0.2, -0.15) is 0 Å². The van der Waals surface area contributed by atoms with Gasteiger partial charge in [0.2, 0.25) is 0 Å². The Hall–Kier alpha value is -5.42. The van der Waals surface area contributed by atoms with Crippen molar-refractivity contribution < 1.29 is 27.8 Å². The second-order valence-electron chi connectivity index (χ2n) is 16.0. The smallest absolute Gasteiger partial charge is 0.305 e. The molecule has 6 aromatic rings. The van der Waals surface area contributed by atoms with Crippen LogP contribution in [-0.2, 0) is 18.3 Å². The number of nitrogens with zero attached hydrogens (tertiary/aromatic N) is 1. The standard InChI is InChI=1S/C50H51FNO5PSi/c1-36(2)49-44(45(37-27-29-40(51)30-28-37)34-46(52-49)48(38-19-11-7-12-20-38)39-21-13-8-14-22-39)31-32-58(55,56-6)35-41(33-47(53)54)57-59(50(3,4)5,42-23-15-9-16-24-42)43-25-17-10-18-26-43/h7-30,34,36,41,48H,33,35H2,1-6H3,(H,53,54)/t41-,58?/m0/s1. The number of hydrogen-bond donors (Lipinski definition) is 1. The number of halogens is 1. The molecule has 9 heteroatoms. The molecule has 6 rings (SSSR count). The first-order valence-corrected chi connectivity index (χ1v) is 23.6. The van der Waals surface area contributed by atoms with Gasteiger partial charge in [-0.1, -0.05) is 174 Å². The number of pyridine rings is 1. The molecule has 6 nitrogen and oxygen atoms in total. The Balaban J connectivity index is 1.51. The Morgan fingerprint density at radius 2 is 1.29 bits per heavy atom. The molecule has 0 aliphatic heterocycles. The number of carboxylic acids is 1. The van der Waals surface area contributed by atoms with Gasteiger partial charge in [-0.15, -0.1) is 0 Å². The minimum Gasteiger partial charge on any atom is -0.481 e. The second-order valence-corrected chi connectivity index (χ2v) is 22.6. The zero-order valence-corrected chi connectivity index (χ0v) is 36.3. The van der Waals surface area contributed by atoms with Crippen LogP contribution in [0, 0.1) is 17.4 Å². The molecule has 0 bridgehead atoms. The van der Waals surface area contributed by atoms with Gasteiger partial charge in [0, 0.05) is 12.7 Å². The quantitative estimate of drug-likeness (QED) is 0.0669. The fraction of sp³-hybridized carbons (Fsp3) is 0.240. The molecule has 0 saturated carbocycles. The topological polar surface area (TPSA) is 85.7 Å². The molecule has 302 valence electrons. The molecular weight excluding hydrogens is 773 g/mol. The number of aromatic nitrogens is 1. The van der Waals surface area contributed by atoms with Crippen LogP contribution in [0.25, 0.3) is 11.1 Å². The average Bonchev–Trinajstić information content (AvgIpc) is 3.23. The molecule has 59 heavy (non-hydrogen) atoms. The van der Waals surface area contributed by atoms with Crippen molar-refractivity contribution in [2.75, 3.05) is 13.3 Å². The van der Waals surface area contributed by atoms with Gasteiger partial charge in [-0.05, 0) is 61.9 Å². The first-order chi connectivity index (χ1) is 28.2. The van der Waals surface area contributed by atoms with Crippen molar-refractivity contribution in [1.82, 2.24) is 4.98 Å². The molecule has 0 radical (unpaired) electrons. The second kappa shape index (κ2) is 18.7. The summed E-state index contributed by atoms with van der Waals surface area (Å²) in [5.74, 6) is 1.44. The minimum atomic E-state index is -3.91. The van der Waals surface area contributed by atoms with E-state index in [9.17, 15) is 18.9 Å². The van der Waals surface area contributed by atoms with Crippen molar-refractivity contribution in [1.29, 1.82) is 0 Å². The monoisotopic (exact) mass is 823 g/mol. The van der Waals surface area contributed by atoms with Crippen molar-refractivity contribution in [2.24, 2.45) is 0 Å². The number of carboxylic acid groups (broad SMARTS) is 1. The number of aliphatic carboxylic acids is 1. The summed E-state index contributed by atoms with van der Waals surface area (Å²) in [6, 6.07) is 48.4. The summed E-state index contributed by atoms with van der Waals surface area (Å²) in [6.45, 7) is 10.4. The highest BCUT2D eigenvalue weighted by atomic mass is 31.2. The molecule has 0 spiro atoms. The highest BCUT2D eigenvalue weighted by Gasteiger charge is 2.52. The molecule has 5 aromatic carbocycles. The van der Waals surface area contributed by atoms with E-state index in [1.807, 2.05) is 117 Å². The minimum absolute atomic E-state index is 0.120. The maximum absolute atomic E-state index is 15.0. The Labute approximate surface area is 349 Å². The fourth-order valence-electron chi connectivity index (χ4n) is 7.82. The highest BCUT2D eigenvalue weighted by molar-refractivity contribution is 7.64. The lowest BCUT2D eigenvalue weighted by molar-refractivity contribution is -0.138. The van der Waals surface area contributed by atoms with Crippen LogP contribution in [0.15, 0.2) is 152 Å². The summed E-state index contributed by atoms with van der Waals surface area (Å²) in [5.41, 5.74) is 8.54. The molecule has 1 unspecified atom stereocenters. The van der Waals surface area contributed by atoms with Crippen molar-refractivity contribution in [3.05, 3.63) is 186 Å². The van der Waals surface area contributed by atoms with Gasteiger partial charge < -0.3 is 14.1 Å². The van der Waals surface area contributed by atoms with E-state index in [1.165, 1.54) is 19.2 Å². The van der Waals surface area contributed by atoms with Crippen LogP contribution < -0.4 is 10.4 Å². The predicted octanol–water partition coefficient (Wildman–Crippen LogP) is 10.8. The largest absolute Gasteiger partial charge is 0.481 e. The van der Waals surface area contributed by atoms with Crippen LogP contribution in [0.3, 0.4) is 0 Å². The van der Waals surface area contributed by atoms with Crippen LogP contribution in [0.2, 0.25) is 5.04 Å². The van der Waals surface area contributed by atoms with E-state index < -0.39 is 39.2 Å². The van der Waals surface area contributed by atoms with E-state index >= 15 is 0 Å². The molecule has 0 saturated heterocycles. The summed E-state index contributed by atoms with van der Waals surface area (Å²) in [6.07, 6.45) is -1.68. The van der Waals surface area contributed by atoms with Crippen molar-refractivity contribution in [3.63, 3.8) is 0 Å². The van der Waals surface area contributed by atoms with E-state index in [1.54, 1.807) is 12.1 Å². The van der Waals surface area contributed by atoms with E-state index in [0.717, 1.165) is 27.2 Å². The number of benzene rings is 5. The molecular formula is C50H51FNO5PSi. The van der Waals surface area contributed by atoms with Crippen molar-refractivity contribution >= 4 is 32.0 Å². The molecule has 1 heterocycles. The maximum atomic E-state index is 15.0. The highest BCUT2D eigenvalue weighted by Crippen LogP contribution is 2.48. The van der Waals surface area contributed by atoms with Gasteiger partial charge >= 0.3 is 5.97 Å². The molecule has 0 amide bonds. The number of hydrogen-bond acceptors (Lipinski definition) is 5. The Morgan fingerprint density at radius 3 is 1.73 bits per heavy atom. The Kier molecular flexibility index (Phi) is 13.7. The summed E-state index contributed by atoms with van der Waals surface area (Å²) in [7, 11) is -5.83. The number of carbonyl (C=O) groups is 1. The average molecular weight is 824 g/mol. The molecule has 1 N–H and O–H groups in total. The SMILES string of the molecule is COP(=O)(C#Cc1c(-c2ccc(F)cc2)cc(C(c2ccccc2)c2ccccc2)nc1C(C)C)C[C@H](CC(=O)O)O[Si](c1ccccc1)(c1ccccc1)C(C)(C)C. The van der Waals surface area contributed by atoms with Crippen LogP contribution in [0.5, 0.6) is 0 Å². The van der Waals surface area contributed by atoms with E-state index in [4.69, 9.17) is 13.9 Å². The molecule has 0 aliphatic rings. The Bertz CT molecular complexity index is 2370. The molecule has 2 atom stereocenters. The van der Waals surface area contributed by atoms with Gasteiger partial charge in [0.15, 0.2) is 0 Å². The van der Waals surface area contributed by atoms with Crippen molar-refractivity contribution in [2.45, 2.75) is 64.0 Å².